The summed E-state index contributed by atoms with van der Waals surface area (Å²) >= 11 is 0. The molecule has 0 N–H and O–H groups in total. The first kappa shape index (κ1) is 15.6. The van der Waals surface area contributed by atoms with Crippen molar-refractivity contribution >= 4 is 0 Å². The van der Waals surface area contributed by atoms with Gasteiger partial charge in [-0.2, -0.15) is 0 Å². The Bertz CT molecular complexity index is 539. The first-order valence-electron chi connectivity index (χ1n) is 7.66. The number of likely N-dealkylation sites (N-methyl/N-ethyl adjacent to an activating group) is 1. The molecule has 0 unspecified atom stereocenters. The van der Waals surface area contributed by atoms with Gasteiger partial charge in [-0.1, -0.05) is 12.1 Å². The van der Waals surface area contributed by atoms with Crippen molar-refractivity contribution < 1.29 is 0 Å². The van der Waals surface area contributed by atoms with Gasteiger partial charge >= 0.3 is 0 Å². The number of nitrogens with zero attached hydrogens (tertiary/aromatic N) is 3. The summed E-state index contributed by atoms with van der Waals surface area (Å²) in [6.45, 7) is 5.51. The Morgan fingerprint density at radius 3 is 2.71 bits per heavy atom. The van der Waals surface area contributed by atoms with Crippen LogP contribution in [-0.2, 0) is 12.8 Å². The second-order valence-corrected chi connectivity index (χ2v) is 5.77. The third-order valence-electron chi connectivity index (χ3n) is 4.06. The van der Waals surface area contributed by atoms with Gasteiger partial charge in [0.05, 0.1) is 0 Å². The Morgan fingerprint density at radius 1 is 1.19 bits per heavy atom. The summed E-state index contributed by atoms with van der Waals surface area (Å²) in [5, 5.41) is 0. The van der Waals surface area contributed by atoms with E-state index in [1.165, 1.54) is 16.8 Å². The van der Waals surface area contributed by atoms with Gasteiger partial charge in [-0.25, -0.2) is 0 Å². The largest absolute Gasteiger partial charge is 0.303 e. The average molecular weight is 283 g/mol. The number of aryl methyl sites for hydroxylation is 2. The molecule has 0 aliphatic carbocycles. The third kappa shape index (κ3) is 4.94. The maximum Gasteiger partial charge on any atom is 0.0448 e. The lowest BCUT2D eigenvalue weighted by atomic mass is 10.1. The molecule has 0 saturated carbocycles. The smallest absolute Gasteiger partial charge is 0.0448 e. The summed E-state index contributed by atoms with van der Waals surface area (Å²) in [5.74, 6) is 0. The molecule has 0 aliphatic rings. The molecule has 0 fully saturated rings. The van der Waals surface area contributed by atoms with Gasteiger partial charge in [0.2, 0.25) is 0 Å². The van der Waals surface area contributed by atoms with Crippen molar-refractivity contribution in [3.05, 3.63) is 59.7 Å². The minimum atomic E-state index is 0.507. The van der Waals surface area contributed by atoms with Gasteiger partial charge < -0.3 is 4.90 Å². The number of hydrogen-bond acceptors (Lipinski definition) is 3. The predicted octanol–water partition coefficient (Wildman–Crippen LogP) is 3.28. The van der Waals surface area contributed by atoms with Crippen LogP contribution in [0.4, 0.5) is 0 Å². The van der Waals surface area contributed by atoms with Crippen LogP contribution in [0.3, 0.4) is 0 Å². The molecule has 2 rings (SSSR count). The molecule has 3 nitrogen and oxygen atoms in total. The van der Waals surface area contributed by atoms with E-state index in [1.54, 1.807) is 0 Å². The summed E-state index contributed by atoms with van der Waals surface area (Å²) in [4.78, 5) is 11.1. The van der Waals surface area contributed by atoms with E-state index in [4.69, 9.17) is 0 Å². The molecule has 0 aromatic carbocycles. The van der Waals surface area contributed by atoms with Gasteiger partial charge in [0, 0.05) is 36.7 Å². The molecule has 21 heavy (non-hydrogen) atoms. The van der Waals surface area contributed by atoms with E-state index in [0.29, 0.717) is 6.04 Å². The van der Waals surface area contributed by atoms with Crippen LogP contribution in [0.2, 0.25) is 0 Å². The Kier molecular flexibility index (Phi) is 5.88. The van der Waals surface area contributed by atoms with Gasteiger partial charge in [0.25, 0.3) is 0 Å². The Hall–Kier alpha value is -1.74. The fraction of sp³-hybridized carbons (Fsp3) is 0.444. The molecule has 3 heteroatoms. The number of rotatable bonds is 7. The Morgan fingerprint density at radius 2 is 2.00 bits per heavy atom. The lowest BCUT2D eigenvalue weighted by Gasteiger charge is -2.25. The summed E-state index contributed by atoms with van der Waals surface area (Å²) in [6, 6.07) is 8.80. The van der Waals surface area contributed by atoms with Crippen LogP contribution in [0.25, 0.3) is 0 Å². The van der Waals surface area contributed by atoms with E-state index in [2.05, 4.69) is 47.9 Å². The molecule has 0 saturated heterocycles. The van der Waals surface area contributed by atoms with Gasteiger partial charge in [0.1, 0.15) is 0 Å². The van der Waals surface area contributed by atoms with Crippen molar-refractivity contribution in [2.24, 2.45) is 0 Å². The highest BCUT2D eigenvalue weighted by atomic mass is 15.1. The monoisotopic (exact) mass is 283 g/mol. The standard InChI is InChI=1S/C18H25N3/c1-15-7-4-11-20-18(15)13-16(2)21(3)12-6-9-17-8-5-10-19-14-17/h4-5,7-8,10-11,14,16H,6,9,12-13H2,1-3H3/t16-/m1/s1. The van der Waals surface area contributed by atoms with Crippen molar-refractivity contribution in [1.82, 2.24) is 14.9 Å². The second-order valence-electron chi connectivity index (χ2n) is 5.77. The highest BCUT2D eigenvalue weighted by molar-refractivity contribution is 5.18. The third-order valence-corrected chi connectivity index (χ3v) is 4.06. The number of aromatic nitrogens is 2. The summed E-state index contributed by atoms with van der Waals surface area (Å²) < 4.78 is 0. The van der Waals surface area contributed by atoms with Crippen molar-refractivity contribution in [2.45, 2.75) is 39.2 Å². The molecule has 112 valence electrons. The Balaban J connectivity index is 1.77. The molecular formula is C18H25N3. The van der Waals surface area contributed by atoms with Gasteiger partial charge in [0.15, 0.2) is 0 Å². The van der Waals surface area contributed by atoms with Gasteiger partial charge in [-0.05, 0) is 63.5 Å². The Labute approximate surface area is 128 Å². The van der Waals surface area contributed by atoms with Crippen molar-refractivity contribution in [3.8, 4) is 0 Å². The van der Waals surface area contributed by atoms with Crippen molar-refractivity contribution in [2.75, 3.05) is 13.6 Å². The van der Waals surface area contributed by atoms with Crippen LogP contribution in [0.5, 0.6) is 0 Å². The minimum Gasteiger partial charge on any atom is -0.303 e. The van der Waals surface area contributed by atoms with Crippen LogP contribution in [-0.4, -0.2) is 34.5 Å². The predicted molar refractivity (Wildman–Crippen MR) is 87.3 cm³/mol. The van der Waals surface area contributed by atoms with E-state index >= 15 is 0 Å². The number of hydrogen-bond donors (Lipinski definition) is 0. The summed E-state index contributed by atoms with van der Waals surface area (Å²) in [6.07, 6.45) is 8.93. The summed E-state index contributed by atoms with van der Waals surface area (Å²) in [7, 11) is 2.20. The molecule has 0 amide bonds. The molecule has 0 spiro atoms. The average Bonchev–Trinajstić information content (AvgIpc) is 2.50. The first-order valence-corrected chi connectivity index (χ1v) is 7.66. The van der Waals surface area contributed by atoms with Gasteiger partial charge in [-0.15, -0.1) is 0 Å². The van der Waals surface area contributed by atoms with Crippen molar-refractivity contribution in [1.29, 1.82) is 0 Å². The van der Waals surface area contributed by atoms with Crippen LogP contribution >= 0.6 is 0 Å². The molecule has 2 heterocycles. The molecule has 0 aliphatic heterocycles. The SMILES string of the molecule is Cc1cccnc1C[C@@H](C)N(C)CCCc1cccnc1. The lowest BCUT2D eigenvalue weighted by Crippen LogP contribution is -2.32. The lowest BCUT2D eigenvalue weighted by molar-refractivity contribution is 0.252. The molecule has 2 aromatic rings. The topological polar surface area (TPSA) is 29.0 Å². The zero-order valence-electron chi connectivity index (χ0n) is 13.3. The van der Waals surface area contributed by atoms with Crippen LogP contribution in [0.15, 0.2) is 42.9 Å². The zero-order chi connectivity index (χ0) is 15.1. The van der Waals surface area contributed by atoms with E-state index in [9.17, 15) is 0 Å². The molecular weight excluding hydrogens is 258 g/mol. The highest BCUT2D eigenvalue weighted by Gasteiger charge is 2.11. The molecule has 1 atom stereocenters. The van der Waals surface area contributed by atoms with E-state index in [1.807, 2.05) is 30.7 Å². The van der Waals surface area contributed by atoms with Crippen LogP contribution in [0.1, 0.15) is 30.2 Å². The fourth-order valence-corrected chi connectivity index (χ4v) is 2.47. The van der Waals surface area contributed by atoms with Gasteiger partial charge in [-0.3, -0.25) is 9.97 Å². The van der Waals surface area contributed by atoms with Crippen LogP contribution in [0, 0.1) is 6.92 Å². The van der Waals surface area contributed by atoms with E-state index in [-0.39, 0.29) is 0 Å². The van der Waals surface area contributed by atoms with E-state index < -0.39 is 0 Å². The molecule has 0 bridgehead atoms. The quantitative estimate of drug-likeness (QED) is 0.781. The minimum absolute atomic E-state index is 0.507. The fourth-order valence-electron chi connectivity index (χ4n) is 2.47. The molecule has 0 radical (unpaired) electrons. The first-order chi connectivity index (χ1) is 10.2. The normalized spacial score (nSPS) is 12.6. The maximum absolute atomic E-state index is 4.49. The van der Waals surface area contributed by atoms with E-state index in [0.717, 1.165) is 25.8 Å². The van der Waals surface area contributed by atoms with Crippen LogP contribution < -0.4 is 0 Å². The van der Waals surface area contributed by atoms with Crippen molar-refractivity contribution in [3.63, 3.8) is 0 Å². The molecule has 2 aromatic heterocycles. The highest BCUT2D eigenvalue weighted by Crippen LogP contribution is 2.10. The second kappa shape index (κ2) is 7.89. The number of pyridine rings is 2. The maximum atomic E-state index is 4.49. The summed E-state index contributed by atoms with van der Waals surface area (Å²) in [5.41, 5.74) is 3.82. The zero-order valence-corrected chi connectivity index (χ0v) is 13.3.